The standard InChI is InChI=1S/C30H34N4O2/c1-29(2)17-23(18-30(3,4)34-29)31-28-13-12-26(32-33-28)25-15-21-10-11-24(35)14-22(21)16-27(25)36-19-20-8-6-5-7-9-20/h5-16,23,34-35H,17-19H2,1-4H3,(H,31,33). The number of phenols is 1. The maximum absolute atomic E-state index is 9.97. The third-order valence-electron chi connectivity index (χ3n) is 6.64. The number of nitrogens with one attached hydrogen (secondary N) is 2. The van der Waals surface area contributed by atoms with Gasteiger partial charge in [-0.05, 0) is 93.3 Å². The number of nitrogens with zero attached hydrogens (tertiary/aromatic N) is 2. The minimum Gasteiger partial charge on any atom is -0.508 e. The molecule has 6 heteroatoms. The lowest BCUT2D eigenvalue weighted by molar-refractivity contribution is 0.170. The molecule has 0 unspecified atom stereocenters. The molecule has 0 atom stereocenters. The van der Waals surface area contributed by atoms with Crippen molar-refractivity contribution in [2.45, 2.75) is 64.3 Å². The van der Waals surface area contributed by atoms with Gasteiger partial charge in [0.15, 0.2) is 0 Å². The summed E-state index contributed by atoms with van der Waals surface area (Å²) in [4.78, 5) is 0. The van der Waals surface area contributed by atoms with Gasteiger partial charge in [0.2, 0.25) is 0 Å². The number of anilines is 1. The van der Waals surface area contributed by atoms with Crippen molar-refractivity contribution in [2.24, 2.45) is 0 Å². The molecule has 5 rings (SSSR count). The maximum atomic E-state index is 9.97. The third-order valence-corrected chi connectivity index (χ3v) is 6.64. The zero-order valence-electron chi connectivity index (χ0n) is 21.4. The molecule has 1 saturated heterocycles. The van der Waals surface area contributed by atoms with Gasteiger partial charge in [0, 0.05) is 22.7 Å². The highest BCUT2D eigenvalue weighted by Gasteiger charge is 2.37. The zero-order chi connectivity index (χ0) is 25.3. The fourth-order valence-corrected chi connectivity index (χ4v) is 5.51. The quantitative estimate of drug-likeness (QED) is 0.299. The van der Waals surface area contributed by atoms with E-state index in [0.717, 1.165) is 46.3 Å². The van der Waals surface area contributed by atoms with Crippen LogP contribution in [0.4, 0.5) is 5.82 Å². The first-order chi connectivity index (χ1) is 17.2. The van der Waals surface area contributed by atoms with Crippen LogP contribution in [0.2, 0.25) is 0 Å². The Kier molecular flexibility index (Phi) is 6.31. The van der Waals surface area contributed by atoms with E-state index in [9.17, 15) is 5.11 Å². The van der Waals surface area contributed by atoms with Crippen molar-refractivity contribution >= 4 is 16.6 Å². The number of aromatic nitrogens is 2. The summed E-state index contributed by atoms with van der Waals surface area (Å²) in [5, 5.41) is 28.3. The molecule has 1 aromatic heterocycles. The van der Waals surface area contributed by atoms with Gasteiger partial charge in [-0.2, -0.15) is 0 Å². The first-order valence-electron chi connectivity index (χ1n) is 12.5. The molecule has 0 radical (unpaired) electrons. The molecule has 0 amide bonds. The summed E-state index contributed by atoms with van der Waals surface area (Å²) in [7, 11) is 0. The molecule has 4 aromatic rings. The summed E-state index contributed by atoms with van der Waals surface area (Å²) < 4.78 is 6.25. The lowest BCUT2D eigenvalue weighted by Crippen LogP contribution is -2.60. The van der Waals surface area contributed by atoms with Gasteiger partial charge in [0.1, 0.15) is 23.9 Å². The van der Waals surface area contributed by atoms with Crippen molar-refractivity contribution in [2.75, 3.05) is 5.32 Å². The maximum Gasteiger partial charge on any atom is 0.148 e. The highest BCUT2D eigenvalue weighted by molar-refractivity contribution is 5.91. The fraction of sp³-hybridized carbons (Fsp3) is 0.333. The summed E-state index contributed by atoms with van der Waals surface area (Å²) in [6.45, 7) is 9.41. The van der Waals surface area contributed by atoms with Crippen molar-refractivity contribution in [1.29, 1.82) is 0 Å². The van der Waals surface area contributed by atoms with Crippen LogP contribution in [0, 0.1) is 0 Å². The van der Waals surface area contributed by atoms with E-state index in [4.69, 9.17) is 4.74 Å². The predicted octanol–water partition coefficient (Wildman–Crippen LogP) is 6.30. The second-order valence-electron chi connectivity index (χ2n) is 11.1. The van der Waals surface area contributed by atoms with Gasteiger partial charge in [-0.25, -0.2) is 0 Å². The average Bonchev–Trinajstić information content (AvgIpc) is 2.81. The van der Waals surface area contributed by atoms with E-state index >= 15 is 0 Å². The molecule has 1 aliphatic heterocycles. The first kappa shape index (κ1) is 24.1. The summed E-state index contributed by atoms with van der Waals surface area (Å²) >= 11 is 0. The summed E-state index contributed by atoms with van der Waals surface area (Å²) in [5.74, 6) is 1.70. The molecule has 0 saturated carbocycles. The molecule has 0 aliphatic carbocycles. The van der Waals surface area contributed by atoms with Gasteiger partial charge in [-0.15, -0.1) is 10.2 Å². The fourth-order valence-electron chi connectivity index (χ4n) is 5.51. The molecule has 3 N–H and O–H groups in total. The topological polar surface area (TPSA) is 79.3 Å². The Hall–Kier alpha value is -3.64. The normalized spacial score (nSPS) is 17.1. The van der Waals surface area contributed by atoms with Crippen molar-refractivity contribution in [3.8, 4) is 22.8 Å². The monoisotopic (exact) mass is 482 g/mol. The summed E-state index contributed by atoms with van der Waals surface area (Å²) in [5.41, 5.74) is 2.80. The molecule has 2 heterocycles. The Morgan fingerprint density at radius 2 is 1.64 bits per heavy atom. The largest absolute Gasteiger partial charge is 0.508 e. The van der Waals surface area contributed by atoms with E-state index in [-0.39, 0.29) is 16.8 Å². The van der Waals surface area contributed by atoms with E-state index in [1.807, 2.05) is 60.7 Å². The molecule has 6 nitrogen and oxygen atoms in total. The Bertz CT molecular complexity index is 1340. The second-order valence-corrected chi connectivity index (χ2v) is 11.1. The van der Waals surface area contributed by atoms with Gasteiger partial charge >= 0.3 is 0 Å². The number of hydrogen-bond acceptors (Lipinski definition) is 6. The van der Waals surface area contributed by atoms with Crippen molar-refractivity contribution in [3.05, 3.63) is 78.4 Å². The molecule has 0 spiro atoms. The molecule has 0 bridgehead atoms. The second kappa shape index (κ2) is 9.43. The van der Waals surface area contributed by atoms with Crippen LogP contribution in [-0.4, -0.2) is 32.4 Å². The van der Waals surface area contributed by atoms with Gasteiger partial charge in [-0.1, -0.05) is 36.4 Å². The Morgan fingerprint density at radius 1 is 0.889 bits per heavy atom. The van der Waals surface area contributed by atoms with Crippen LogP contribution in [0.25, 0.3) is 22.0 Å². The lowest BCUT2D eigenvalue weighted by Gasteiger charge is -2.46. The number of ether oxygens (including phenoxy) is 1. The van der Waals surface area contributed by atoms with Gasteiger partial charge in [0.05, 0.1) is 5.69 Å². The van der Waals surface area contributed by atoms with Crippen LogP contribution in [-0.2, 0) is 6.61 Å². The van der Waals surface area contributed by atoms with Gasteiger partial charge in [0.25, 0.3) is 0 Å². The minimum atomic E-state index is 0.0529. The number of fused-ring (bicyclic) bond motifs is 1. The number of aromatic hydroxyl groups is 1. The lowest BCUT2D eigenvalue weighted by atomic mass is 9.79. The molecule has 1 fully saturated rings. The molecular weight excluding hydrogens is 448 g/mol. The minimum absolute atomic E-state index is 0.0529. The summed E-state index contributed by atoms with van der Waals surface area (Å²) in [6.07, 6.45) is 2.02. The van der Waals surface area contributed by atoms with Crippen LogP contribution in [0.3, 0.4) is 0 Å². The molecule has 1 aliphatic rings. The van der Waals surface area contributed by atoms with E-state index in [0.29, 0.717) is 18.4 Å². The summed E-state index contributed by atoms with van der Waals surface area (Å²) in [6, 6.07) is 23.7. The number of rotatable bonds is 6. The Morgan fingerprint density at radius 3 is 2.33 bits per heavy atom. The molecule has 3 aromatic carbocycles. The van der Waals surface area contributed by atoms with Crippen molar-refractivity contribution < 1.29 is 9.84 Å². The Labute approximate surface area is 212 Å². The smallest absolute Gasteiger partial charge is 0.148 e. The van der Waals surface area contributed by atoms with E-state index < -0.39 is 0 Å². The highest BCUT2D eigenvalue weighted by Crippen LogP contribution is 2.36. The predicted molar refractivity (Wildman–Crippen MR) is 145 cm³/mol. The number of piperidine rings is 1. The number of hydrogen-bond donors (Lipinski definition) is 3. The van der Waals surface area contributed by atoms with E-state index in [1.54, 1.807) is 12.1 Å². The van der Waals surface area contributed by atoms with Gasteiger partial charge < -0.3 is 20.5 Å². The molecule has 36 heavy (non-hydrogen) atoms. The molecule has 186 valence electrons. The van der Waals surface area contributed by atoms with E-state index in [2.05, 4.69) is 48.5 Å². The van der Waals surface area contributed by atoms with E-state index in [1.165, 1.54) is 0 Å². The van der Waals surface area contributed by atoms with Crippen molar-refractivity contribution in [3.63, 3.8) is 0 Å². The Balaban J connectivity index is 1.42. The molecular formula is C30H34N4O2. The van der Waals surface area contributed by atoms with Crippen LogP contribution in [0.15, 0.2) is 72.8 Å². The third kappa shape index (κ3) is 5.60. The van der Waals surface area contributed by atoms with Crippen LogP contribution < -0.4 is 15.4 Å². The first-order valence-corrected chi connectivity index (χ1v) is 12.5. The van der Waals surface area contributed by atoms with Crippen LogP contribution in [0.1, 0.15) is 46.1 Å². The zero-order valence-corrected chi connectivity index (χ0v) is 21.4. The number of phenolic OH excluding ortho intramolecular Hbond substituents is 1. The SMILES string of the molecule is CC1(C)CC(Nc2ccc(-c3cc4ccc(O)cc4cc3OCc3ccccc3)nn2)CC(C)(C)N1. The van der Waals surface area contributed by atoms with Crippen molar-refractivity contribution in [1.82, 2.24) is 15.5 Å². The highest BCUT2D eigenvalue weighted by atomic mass is 16.5. The number of benzene rings is 3. The van der Waals surface area contributed by atoms with Gasteiger partial charge in [-0.3, -0.25) is 0 Å². The van der Waals surface area contributed by atoms with Crippen LogP contribution >= 0.6 is 0 Å². The average molecular weight is 483 g/mol. The van der Waals surface area contributed by atoms with Crippen LogP contribution in [0.5, 0.6) is 11.5 Å².